The normalized spacial score (nSPS) is 11.0. The van der Waals surface area contributed by atoms with Gasteiger partial charge in [0, 0.05) is 0 Å². The van der Waals surface area contributed by atoms with Crippen molar-refractivity contribution in [2.24, 2.45) is 5.73 Å². The Labute approximate surface area is 138 Å². The van der Waals surface area contributed by atoms with Crippen LogP contribution in [0, 0.1) is 0 Å². The second-order valence-electron chi connectivity index (χ2n) is 4.72. The summed E-state index contributed by atoms with van der Waals surface area (Å²) >= 11 is 0. The monoisotopic (exact) mass is 349 g/mol. The van der Waals surface area contributed by atoms with E-state index in [2.05, 4.69) is 0 Å². The SMILES string of the molecule is NC(=O)N(c1ccccc1)c1ccc(S(=O)(=O)NCC(=O)O)cc1. The number of nitrogens with zero attached hydrogens (tertiary/aromatic N) is 1. The molecule has 0 aliphatic carbocycles. The fourth-order valence-corrected chi connectivity index (χ4v) is 2.97. The molecule has 0 heterocycles. The van der Waals surface area contributed by atoms with Gasteiger partial charge < -0.3 is 10.8 Å². The van der Waals surface area contributed by atoms with Crippen molar-refractivity contribution in [3.05, 3.63) is 54.6 Å². The maximum Gasteiger partial charge on any atom is 0.323 e. The van der Waals surface area contributed by atoms with Crippen LogP contribution in [0.2, 0.25) is 0 Å². The number of hydrogen-bond acceptors (Lipinski definition) is 4. The number of carbonyl (C=O) groups excluding carboxylic acids is 1. The summed E-state index contributed by atoms with van der Waals surface area (Å²) in [6.07, 6.45) is 0. The summed E-state index contributed by atoms with van der Waals surface area (Å²) in [6, 6.07) is 13.2. The van der Waals surface area contributed by atoms with E-state index in [0.717, 1.165) is 0 Å². The van der Waals surface area contributed by atoms with Crippen molar-refractivity contribution in [2.45, 2.75) is 4.90 Å². The van der Waals surface area contributed by atoms with Gasteiger partial charge in [0.1, 0.15) is 6.54 Å². The molecule has 2 amide bonds. The van der Waals surface area contributed by atoms with E-state index in [9.17, 15) is 18.0 Å². The van der Waals surface area contributed by atoms with Crippen LogP contribution >= 0.6 is 0 Å². The Hall–Kier alpha value is -2.91. The molecule has 0 aliphatic rings. The van der Waals surface area contributed by atoms with E-state index in [1.165, 1.54) is 29.2 Å². The number of nitrogens with two attached hydrogens (primary N) is 1. The predicted molar refractivity (Wildman–Crippen MR) is 87.4 cm³/mol. The van der Waals surface area contributed by atoms with Gasteiger partial charge in [0.25, 0.3) is 0 Å². The first-order valence-corrected chi connectivity index (χ1v) is 8.26. The number of para-hydroxylation sites is 1. The Morgan fingerprint density at radius 3 is 2.04 bits per heavy atom. The van der Waals surface area contributed by atoms with Crippen molar-refractivity contribution < 1.29 is 23.1 Å². The molecular weight excluding hydrogens is 334 g/mol. The zero-order valence-electron chi connectivity index (χ0n) is 12.4. The maximum absolute atomic E-state index is 11.9. The van der Waals surface area contributed by atoms with Gasteiger partial charge in [-0.25, -0.2) is 13.2 Å². The van der Waals surface area contributed by atoms with E-state index in [-0.39, 0.29) is 4.90 Å². The lowest BCUT2D eigenvalue weighted by molar-refractivity contribution is -0.135. The third-order valence-corrected chi connectivity index (χ3v) is 4.47. The van der Waals surface area contributed by atoms with E-state index in [1.54, 1.807) is 30.3 Å². The van der Waals surface area contributed by atoms with Crippen LogP contribution < -0.4 is 15.4 Å². The largest absolute Gasteiger partial charge is 0.480 e. The van der Waals surface area contributed by atoms with Crippen LogP contribution in [0.25, 0.3) is 0 Å². The van der Waals surface area contributed by atoms with Crippen molar-refractivity contribution in [3.8, 4) is 0 Å². The van der Waals surface area contributed by atoms with Crippen LogP contribution in [-0.4, -0.2) is 32.1 Å². The molecule has 0 atom stereocenters. The van der Waals surface area contributed by atoms with Crippen LogP contribution in [0.5, 0.6) is 0 Å². The number of nitrogens with one attached hydrogen (secondary N) is 1. The highest BCUT2D eigenvalue weighted by Gasteiger charge is 2.18. The van der Waals surface area contributed by atoms with Gasteiger partial charge >= 0.3 is 12.0 Å². The third kappa shape index (κ3) is 4.09. The number of primary amides is 1. The second-order valence-corrected chi connectivity index (χ2v) is 6.49. The lowest BCUT2D eigenvalue weighted by Crippen LogP contribution is -2.31. The Morgan fingerprint density at radius 2 is 1.54 bits per heavy atom. The molecule has 0 bridgehead atoms. The van der Waals surface area contributed by atoms with Crippen LogP contribution in [0.15, 0.2) is 59.5 Å². The van der Waals surface area contributed by atoms with Crippen molar-refractivity contribution >= 4 is 33.4 Å². The summed E-state index contributed by atoms with van der Waals surface area (Å²) in [5, 5.41) is 8.54. The van der Waals surface area contributed by atoms with Crippen molar-refractivity contribution in [3.63, 3.8) is 0 Å². The minimum absolute atomic E-state index is 0.120. The highest BCUT2D eigenvalue weighted by Crippen LogP contribution is 2.26. The van der Waals surface area contributed by atoms with E-state index in [1.807, 2.05) is 4.72 Å². The van der Waals surface area contributed by atoms with Gasteiger partial charge in [0.15, 0.2) is 0 Å². The first-order chi connectivity index (χ1) is 11.3. The lowest BCUT2D eigenvalue weighted by atomic mass is 10.2. The standard InChI is InChI=1S/C15H15N3O5S/c16-15(21)18(11-4-2-1-3-5-11)12-6-8-13(9-7-12)24(22,23)17-10-14(19)20/h1-9,17H,10H2,(H2,16,21)(H,19,20). The minimum atomic E-state index is -3.95. The van der Waals surface area contributed by atoms with Crippen molar-refractivity contribution in [2.75, 3.05) is 11.4 Å². The van der Waals surface area contributed by atoms with E-state index >= 15 is 0 Å². The highest BCUT2D eigenvalue weighted by molar-refractivity contribution is 7.89. The van der Waals surface area contributed by atoms with Gasteiger partial charge in [-0.15, -0.1) is 0 Å². The van der Waals surface area contributed by atoms with Crippen LogP contribution in [-0.2, 0) is 14.8 Å². The third-order valence-electron chi connectivity index (χ3n) is 3.05. The first kappa shape index (κ1) is 17.4. The Kier molecular flexibility index (Phi) is 5.17. The second kappa shape index (κ2) is 7.11. The molecule has 0 saturated heterocycles. The summed E-state index contributed by atoms with van der Waals surface area (Å²) in [5.74, 6) is -1.29. The van der Waals surface area contributed by atoms with Gasteiger partial charge in [-0.1, -0.05) is 18.2 Å². The molecule has 9 heteroatoms. The summed E-state index contributed by atoms with van der Waals surface area (Å²) in [5.41, 5.74) is 6.31. The predicted octanol–water partition coefficient (Wildman–Crippen LogP) is 1.27. The minimum Gasteiger partial charge on any atom is -0.480 e. The quantitative estimate of drug-likeness (QED) is 0.723. The average Bonchev–Trinajstić information content (AvgIpc) is 2.54. The van der Waals surface area contributed by atoms with Gasteiger partial charge in [0.2, 0.25) is 10.0 Å². The molecule has 0 radical (unpaired) electrons. The molecule has 2 rings (SSSR count). The van der Waals surface area contributed by atoms with Gasteiger partial charge in [0.05, 0.1) is 16.3 Å². The molecule has 0 saturated carbocycles. The molecule has 0 aliphatic heterocycles. The Balaban J connectivity index is 2.30. The number of amides is 2. The van der Waals surface area contributed by atoms with Crippen LogP contribution in [0.1, 0.15) is 0 Å². The van der Waals surface area contributed by atoms with Crippen LogP contribution in [0.4, 0.5) is 16.2 Å². The molecular formula is C15H15N3O5S. The molecule has 2 aromatic rings. The number of benzene rings is 2. The molecule has 0 aromatic heterocycles. The van der Waals surface area contributed by atoms with Gasteiger partial charge in [-0.3, -0.25) is 9.69 Å². The van der Waals surface area contributed by atoms with Gasteiger partial charge in [-0.2, -0.15) is 4.72 Å². The molecule has 24 heavy (non-hydrogen) atoms. The summed E-state index contributed by atoms with van der Waals surface area (Å²) in [6.45, 7) is -0.721. The summed E-state index contributed by atoms with van der Waals surface area (Å²) < 4.78 is 25.8. The zero-order valence-corrected chi connectivity index (χ0v) is 13.2. The number of urea groups is 1. The summed E-state index contributed by atoms with van der Waals surface area (Å²) in [7, 11) is -3.95. The Bertz CT molecular complexity index is 835. The van der Waals surface area contributed by atoms with E-state index in [0.29, 0.717) is 11.4 Å². The molecule has 0 unspecified atom stereocenters. The maximum atomic E-state index is 11.9. The number of carboxylic acids is 1. The smallest absolute Gasteiger partial charge is 0.323 e. The fourth-order valence-electron chi connectivity index (χ4n) is 2.00. The van der Waals surface area contributed by atoms with E-state index < -0.39 is 28.6 Å². The molecule has 8 nitrogen and oxygen atoms in total. The van der Waals surface area contributed by atoms with Gasteiger partial charge in [-0.05, 0) is 36.4 Å². The average molecular weight is 349 g/mol. The van der Waals surface area contributed by atoms with Crippen LogP contribution in [0.3, 0.4) is 0 Å². The van der Waals surface area contributed by atoms with Crippen molar-refractivity contribution in [1.82, 2.24) is 4.72 Å². The number of sulfonamides is 1. The summed E-state index contributed by atoms with van der Waals surface area (Å²) in [4.78, 5) is 23.3. The molecule has 0 spiro atoms. The fraction of sp³-hybridized carbons (Fsp3) is 0.0667. The number of hydrogen-bond donors (Lipinski definition) is 3. The number of carbonyl (C=O) groups is 2. The molecule has 126 valence electrons. The number of aliphatic carboxylic acids is 1. The highest BCUT2D eigenvalue weighted by atomic mass is 32.2. The van der Waals surface area contributed by atoms with Crippen molar-refractivity contribution in [1.29, 1.82) is 0 Å². The van der Waals surface area contributed by atoms with E-state index in [4.69, 9.17) is 10.8 Å². The molecule has 0 fully saturated rings. The topological polar surface area (TPSA) is 130 Å². The zero-order chi connectivity index (χ0) is 17.7. The number of rotatable bonds is 6. The Morgan fingerprint density at radius 1 is 1.00 bits per heavy atom. The lowest BCUT2D eigenvalue weighted by Gasteiger charge is -2.20. The first-order valence-electron chi connectivity index (χ1n) is 6.77. The number of carboxylic acid groups (broad SMARTS) is 1. The molecule has 2 aromatic carbocycles. The number of anilines is 2. The molecule has 4 N–H and O–H groups in total.